The van der Waals surface area contributed by atoms with E-state index in [-0.39, 0.29) is 22.8 Å². The van der Waals surface area contributed by atoms with Crippen LogP contribution in [0, 0.1) is 11.3 Å². The van der Waals surface area contributed by atoms with Crippen LogP contribution in [0.5, 0.6) is 0 Å². The Kier molecular flexibility index (Phi) is 2.66. The van der Waals surface area contributed by atoms with Crippen molar-refractivity contribution in [1.82, 2.24) is 0 Å². The van der Waals surface area contributed by atoms with Crippen LogP contribution in [0.15, 0.2) is 24.3 Å². The summed E-state index contributed by atoms with van der Waals surface area (Å²) in [7, 11) is 4.07. The molecule has 3 heterocycles. The van der Waals surface area contributed by atoms with Crippen molar-refractivity contribution >= 4 is 11.7 Å². The molecule has 1 aromatic carbocycles. The Morgan fingerprint density at radius 1 is 1.19 bits per heavy atom. The van der Waals surface area contributed by atoms with E-state index in [0.29, 0.717) is 11.5 Å². The molecule has 6 aliphatic rings. The zero-order chi connectivity index (χ0) is 17.8. The molecule has 3 saturated carbocycles. The van der Waals surface area contributed by atoms with E-state index in [2.05, 4.69) is 36.6 Å². The van der Waals surface area contributed by atoms with Crippen molar-refractivity contribution in [2.75, 3.05) is 32.6 Å². The number of hydrogen-bond donors (Lipinski definition) is 1. The third-order valence-corrected chi connectivity index (χ3v) is 9.30. The van der Waals surface area contributed by atoms with Gasteiger partial charge in [0.25, 0.3) is 0 Å². The molecule has 0 aromatic heterocycles. The van der Waals surface area contributed by atoms with E-state index < -0.39 is 0 Å². The molecular formula is C22H29N2O2+. The summed E-state index contributed by atoms with van der Waals surface area (Å²) in [5.41, 5.74) is 3.02. The number of hydrogen-bond acceptors (Lipinski definition) is 3. The predicted octanol–water partition coefficient (Wildman–Crippen LogP) is 3.07. The fourth-order valence-electron chi connectivity index (χ4n) is 8.79. The van der Waals surface area contributed by atoms with Gasteiger partial charge in [0.2, 0.25) is 0 Å². The smallest absolute Gasteiger partial charge is 0.311 e. The number of piperidine rings is 1. The van der Waals surface area contributed by atoms with E-state index in [9.17, 15) is 4.79 Å². The van der Waals surface area contributed by atoms with Gasteiger partial charge in [0, 0.05) is 17.5 Å². The molecule has 138 valence electrons. The summed E-state index contributed by atoms with van der Waals surface area (Å²) in [4.78, 5) is 13.0. The number of likely N-dealkylation sites (N-methyl/N-ethyl adjacent to an activating group) is 1. The summed E-state index contributed by atoms with van der Waals surface area (Å²) in [5, 5.41) is 3.96. The van der Waals surface area contributed by atoms with Crippen LogP contribution in [0.1, 0.15) is 44.1 Å². The van der Waals surface area contributed by atoms with Gasteiger partial charge in [0.15, 0.2) is 0 Å². The highest BCUT2D eigenvalue weighted by Crippen LogP contribution is 2.75. The fourth-order valence-corrected chi connectivity index (χ4v) is 8.79. The SMILES string of the molecule is COC(=O)[C@H]1C[C@@]23CCC[N@+]4(C)CC[C@@]5(c6ccccc6N[C@]15CC2)[C@@H]34. The number of quaternary nitrogens is 1. The quantitative estimate of drug-likeness (QED) is 0.623. The van der Waals surface area contributed by atoms with Crippen LogP contribution in [0.3, 0.4) is 0 Å². The molecule has 3 spiro atoms. The van der Waals surface area contributed by atoms with Crippen molar-refractivity contribution in [1.29, 1.82) is 0 Å². The molecule has 4 heteroatoms. The number of carbonyl (C=O) groups is 1. The number of methoxy groups -OCH3 is 1. The maximum absolute atomic E-state index is 13.0. The minimum absolute atomic E-state index is 0.00822. The second kappa shape index (κ2) is 4.46. The number of carbonyl (C=O) groups excluding carboxylic acids is 1. The van der Waals surface area contributed by atoms with Crippen LogP contribution in [-0.4, -0.2) is 49.3 Å². The number of rotatable bonds is 1. The second-order valence-corrected chi connectivity index (χ2v) is 9.94. The molecule has 3 aliphatic heterocycles. The summed E-state index contributed by atoms with van der Waals surface area (Å²) >= 11 is 0. The van der Waals surface area contributed by atoms with Gasteiger partial charge in [-0.1, -0.05) is 18.2 Å². The van der Waals surface area contributed by atoms with Crippen LogP contribution in [0.4, 0.5) is 5.69 Å². The van der Waals surface area contributed by atoms with Gasteiger partial charge in [-0.3, -0.25) is 4.79 Å². The zero-order valence-corrected chi connectivity index (χ0v) is 15.9. The van der Waals surface area contributed by atoms with Gasteiger partial charge in [0.05, 0.1) is 44.1 Å². The summed E-state index contributed by atoms with van der Waals surface area (Å²) < 4.78 is 6.58. The van der Waals surface area contributed by atoms with E-state index in [4.69, 9.17) is 4.74 Å². The summed E-state index contributed by atoms with van der Waals surface area (Å²) in [6.45, 7) is 2.55. The minimum Gasteiger partial charge on any atom is -0.469 e. The van der Waals surface area contributed by atoms with Gasteiger partial charge in [0.1, 0.15) is 6.04 Å². The maximum Gasteiger partial charge on any atom is 0.311 e. The van der Waals surface area contributed by atoms with Gasteiger partial charge >= 0.3 is 5.97 Å². The molecule has 2 bridgehead atoms. The highest BCUT2D eigenvalue weighted by molar-refractivity contribution is 5.80. The summed E-state index contributed by atoms with van der Waals surface area (Å²) in [6, 6.07) is 9.56. The Balaban J connectivity index is 1.67. The highest BCUT2D eigenvalue weighted by atomic mass is 16.5. The molecule has 4 nitrogen and oxygen atoms in total. The number of para-hydroxylation sites is 1. The molecule has 0 amide bonds. The Hall–Kier alpha value is -1.55. The van der Waals surface area contributed by atoms with Crippen LogP contribution < -0.4 is 5.32 Å². The van der Waals surface area contributed by atoms with Crippen molar-refractivity contribution < 1.29 is 14.0 Å². The van der Waals surface area contributed by atoms with E-state index in [1.165, 1.54) is 54.5 Å². The molecule has 1 aromatic rings. The molecule has 0 unspecified atom stereocenters. The molecule has 6 atom stereocenters. The number of nitrogens with zero attached hydrogens (tertiary/aromatic N) is 1. The predicted molar refractivity (Wildman–Crippen MR) is 99.8 cm³/mol. The van der Waals surface area contributed by atoms with E-state index in [0.717, 1.165) is 12.8 Å². The van der Waals surface area contributed by atoms with Gasteiger partial charge < -0.3 is 14.5 Å². The van der Waals surface area contributed by atoms with Crippen LogP contribution in [0.25, 0.3) is 0 Å². The lowest BCUT2D eigenvalue weighted by molar-refractivity contribution is -0.939. The molecule has 3 aliphatic carbocycles. The van der Waals surface area contributed by atoms with Crippen molar-refractivity contribution in [2.24, 2.45) is 11.3 Å². The number of ether oxygens (including phenoxy) is 1. The largest absolute Gasteiger partial charge is 0.469 e. The van der Waals surface area contributed by atoms with Crippen molar-refractivity contribution in [3.05, 3.63) is 29.8 Å². The van der Waals surface area contributed by atoms with Crippen molar-refractivity contribution in [3.63, 3.8) is 0 Å². The Labute approximate surface area is 155 Å². The van der Waals surface area contributed by atoms with E-state index in [1.807, 2.05) is 0 Å². The molecule has 1 N–H and O–H groups in total. The Morgan fingerprint density at radius 2 is 2.04 bits per heavy atom. The highest BCUT2D eigenvalue weighted by Gasteiger charge is 2.83. The van der Waals surface area contributed by atoms with Crippen molar-refractivity contribution in [3.8, 4) is 0 Å². The van der Waals surface area contributed by atoms with Gasteiger partial charge in [-0.15, -0.1) is 0 Å². The van der Waals surface area contributed by atoms with Crippen LogP contribution >= 0.6 is 0 Å². The number of benzene rings is 1. The lowest BCUT2D eigenvalue weighted by atomic mass is 9.38. The molecule has 7 rings (SSSR count). The Morgan fingerprint density at radius 3 is 2.88 bits per heavy atom. The van der Waals surface area contributed by atoms with E-state index in [1.54, 1.807) is 7.11 Å². The Bertz CT molecular complexity index is 824. The average Bonchev–Trinajstić information content (AvgIpc) is 3.15. The molecule has 5 fully saturated rings. The first-order valence-electron chi connectivity index (χ1n) is 10.3. The van der Waals surface area contributed by atoms with Gasteiger partial charge in [-0.25, -0.2) is 0 Å². The number of fused-ring (bicyclic) bond motifs is 3. The minimum atomic E-state index is -0.149. The normalized spacial score (nSPS) is 49.8. The molecule has 26 heavy (non-hydrogen) atoms. The molecule has 0 radical (unpaired) electrons. The molecule has 2 saturated heterocycles. The standard InChI is InChI=1S/C22H29N2O2/c1-24-12-5-8-20-9-10-22(16(14-20)18(25)26-2)21(11-13-24,19(20)24)15-6-3-4-7-17(15)23-22/h3-4,6-7,16,19,23H,5,8-14H2,1-2H3/q+1/t16-,19-,20-,21-,22-,24-/m1/s1. The van der Waals surface area contributed by atoms with Gasteiger partial charge in [-0.05, 0) is 43.7 Å². The number of anilines is 1. The number of esters is 1. The monoisotopic (exact) mass is 353 g/mol. The zero-order valence-electron chi connectivity index (χ0n) is 15.9. The van der Waals surface area contributed by atoms with Crippen LogP contribution in [0.2, 0.25) is 0 Å². The second-order valence-electron chi connectivity index (χ2n) is 9.94. The lowest BCUT2D eigenvalue weighted by Crippen LogP contribution is -2.79. The lowest BCUT2D eigenvalue weighted by Gasteiger charge is -2.68. The first-order valence-corrected chi connectivity index (χ1v) is 10.3. The van der Waals surface area contributed by atoms with Crippen LogP contribution in [-0.2, 0) is 14.9 Å². The summed E-state index contributed by atoms with van der Waals surface area (Å²) in [6.07, 6.45) is 7.19. The van der Waals surface area contributed by atoms with Gasteiger partial charge in [-0.2, -0.15) is 0 Å². The summed E-state index contributed by atoms with van der Waals surface area (Å²) in [5.74, 6) is -0.0107. The first kappa shape index (κ1) is 15.5. The first-order chi connectivity index (χ1) is 12.5. The maximum atomic E-state index is 13.0. The third kappa shape index (κ3) is 1.38. The van der Waals surface area contributed by atoms with E-state index >= 15 is 0 Å². The third-order valence-electron chi connectivity index (χ3n) is 9.30. The fraction of sp³-hybridized carbons (Fsp3) is 0.682. The van der Waals surface area contributed by atoms with Crippen molar-refractivity contribution in [2.45, 2.75) is 55.5 Å². The topological polar surface area (TPSA) is 38.3 Å². The molecular weight excluding hydrogens is 324 g/mol. The number of nitrogens with one attached hydrogen (secondary N) is 1. The average molecular weight is 353 g/mol.